The number of ether oxygens (including phenoxy) is 1. The van der Waals surface area contributed by atoms with Crippen molar-refractivity contribution in [3.63, 3.8) is 0 Å². The predicted molar refractivity (Wildman–Crippen MR) is 119 cm³/mol. The van der Waals surface area contributed by atoms with Crippen LogP contribution >= 0.6 is 11.6 Å². The largest absolute Gasteiger partial charge is 0.378 e. The highest BCUT2D eigenvalue weighted by Gasteiger charge is 2.22. The van der Waals surface area contributed by atoms with Crippen LogP contribution in [0.1, 0.15) is 5.69 Å². The number of halogens is 1. The van der Waals surface area contributed by atoms with E-state index in [4.69, 9.17) is 31.3 Å². The molecule has 2 fully saturated rings. The van der Waals surface area contributed by atoms with E-state index in [0.717, 1.165) is 86.8 Å². The summed E-state index contributed by atoms with van der Waals surface area (Å²) in [5.41, 5.74) is 2.66. The van der Waals surface area contributed by atoms with Gasteiger partial charge >= 0.3 is 0 Å². The number of hydrogen-bond acceptors (Lipinski definition) is 8. The fraction of sp³-hybridized carbons (Fsp3) is 0.429. The lowest BCUT2D eigenvalue weighted by Crippen LogP contribution is -2.47. The van der Waals surface area contributed by atoms with Crippen LogP contribution in [0, 0.1) is 6.92 Å². The number of fused-ring (bicyclic) bond motifs is 1. The van der Waals surface area contributed by atoms with E-state index < -0.39 is 0 Å². The maximum atomic E-state index is 6.05. The minimum Gasteiger partial charge on any atom is -0.378 e. The summed E-state index contributed by atoms with van der Waals surface area (Å²) in [7, 11) is 0. The molecule has 0 aliphatic carbocycles. The van der Waals surface area contributed by atoms with E-state index in [0.29, 0.717) is 5.02 Å². The number of anilines is 3. The van der Waals surface area contributed by atoms with Crippen LogP contribution in [0.2, 0.25) is 5.02 Å². The molecule has 2 aliphatic rings. The zero-order valence-corrected chi connectivity index (χ0v) is 17.7. The Balaban J connectivity index is 1.30. The molecule has 0 unspecified atom stereocenters. The molecule has 2 saturated heterocycles. The van der Waals surface area contributed by atoms with Crippen molar-refractivity contribution in [3.8, 4) is 0 Å². The van der Waals surface area contributed by atoms with Gasteiger partial charge < -0.3 is 19.4 Å². The molecule has 5 rings (SSSR count). The molecule has 8 nitrogen and oxygen atoms in total. The lowest BCUT2D eigenvalue weighted by atomic mass is 10.3. The van der Waals surface area contributed by atoms with Crippen LogP contribution in [0.25, 0.3) is 11.0 Å². The van der Waals surface area contributed by atoms with Crippen molar-refractivity contribution in [3.05, 3.63) is 41.2 Å². The maximum absolute atomic E-state index is 6.05. The van der Waals surface area contributed by atoms with Crippen molar-refractivity contribution >= 4 is 40.2 Å². The van der Waals surface area contributed by atoms with Gasteiger partial charge in [-0.25, -0.2) is 9.97 Å². The summed E-state index contributed by atoms with van der Waals surface area (Å²) in [6.07, 6.45) is 1.83. The Labute approximate surface area is 180 Å². The molecule has 4 heterocycles. The van der Waals surface area contributed by atoms with Crippen LogP contribution in [0.3, 0.4) is 0 Å². The van der Waals surface area contributed by atoms with Crippen LogP contribution in [0.5, 0.6) is 0 Å². The third-order valence-electron chi connectivity index (χ3n) is 5.54. The minimum atomic E-state index is 0.674. The Kier molecular flexibility index (Phi) is 5.26. The number of nitrogens with zero attached hydrogens (tertiary/aromatic N) is 7. The molecular weight excluding hydrogens is 402 g/mol. The van der Waals surface area contributed by atoms with E-state index in [1.807, 2.05) is 31.3 Å². The molecule has 156 valence electrons. The number of morpholine rings is 1. The van der Waals surface area contributed by atoms with E-state index in [9.17, 15) is 0 Å². The molecule has 0 N–H and O–H groups in total. The van der Waals surface area contributed by atoms with Gasteiger partial charge in [-0.05, 0) is 25.1 Å². The van der Waals surface area contributed by atoms with Gasteiger partial charge in [-0.1, -0.05) is 11.6 Å². The van der Waals surface area contributed by atoms with Crippen LogP contribution in [0.4, 0.5) is 17.6 Å². The molecule has 30 heavy (non-hydrogen) atoms. The molecule has 2 aromatic heterocycles. The van der Waals surface area contributed by atoms with Crippen molar-refractivity contribution in [1.82, 2.24) is 19.9 Å². The van der Waals surface area contributed by atoms with E-state index in [1.54, 1.807) is 0 Å². The molecule has 0 radical (unpaired) electrons. The normalized spacial score (nSPS) is 17.6. The predicted octanol–water partition coefficient (Wildman–Crippen LogP) is 2.54. The molecule has 1 aromatic carbocycles. The van der Waals surface area contributed by atoms with E-state index in [1.165, 1.54) is 0 Å². The minimum absolute atomic E-state index is 0.674. The second kappa shape index (κ2) is 8.20. The third-order valence-corrected chi connectivity index (χ3v) is 5.78. The van der Waals surface area contributed by atoms with Crippen LogP contribution < -0.4 is 14.7 Å². The molecule has 3 aromatic rings. The highest BCUT2D eigenvalue weighted by Crippen LogP contribution is 2.23. The SMILES string of the molecule is Cc1cc(N2CCOCC2)nc(N2CCN(c3cnc4cc(Cl)ccc4n3)CC2)n1. The van der Waals surface area contributed by atoms with E-state index in [-0.39, 0.29) is 0 Å². The first-order valence-corrected chi connectivity index (χ1v) is 10.6. The number of aryl methyl sites for hydroxylation is 1. The van der Waals surface area contributed by atoms with Crippen molar-refractivity contribution in [1.29, 1.82) is 0 Å². The highest BCUT2D eigenvalue weighted by molar-refractivity contribution is 6.31. The lowest BCUT2D eigenvalue weighted by molar-refractivity contribution is 0.122. The first-order chi connectivity index (χ1) is 14.7. The van der Waals surface area contributed by atoms with Gasteiger partial charge in [-0.3, -0.25) is 4.98 Å². The Morgan fingerprint density at radius 3 is 2.33 bits per heavy atom. The van der Waals surface area contributed by atoms with Crippen molar-refractivity contribution < 1.29 is 4.74 Å². The zero-order chi connectivity index (χ0) is 20.5. The van der Waals surface area contributed by atoms with Gasteiger partial charge in [0, 0.05) is 56.1 Å². The molecule has 0 amide bonds. The molecule has 0 saturated carbocycles. The smallest absolute Gasteiger partial charge is 0.227 e. The molecule has 0 atom stereocenters. The average molecular weight is 426 g/mol. The Morgan fingerprint density at radius 1 is 0.800 bits per heavy atom. The quantitative estimate of drug-likeness (QED) is 0.634. The van der Waals surface area contributed by atoms with Gasteiger partial charge in [0.25, 0.3) is 0 Å². The maximum Gasteiger partial charge on any atom is 0.227 e. The summed E-state index contributed by atoms with van der Waals surface area (Å²) < 4.78 is 5.47. The van der Waals surface area contributed by atoms with Gasteiger partial charge in [0.15, 0.2) is 0 Å². The summed E-state index contributed by atoms with van der Waals surface area (Å²) in [5, 5.41) is 0.674. The summed E-state index contributed by atoms with van der Waals surface area (Å²) >= 11 is 6.05. The fourth-order valence-corrected chi connectivity index (χ4v) is 4.06. The first kappa shape index (κ1) is 19.3. The number of aromatic nitrogens is 4. The molecule has 2 aliphatic heterocycles. The highest BCUT2D eigenvalue weighted by atomic mass is 35.5. The second-order valence-corrected chi connectivity index (χ2v) is 8.04. The molecule has 9 heteroatoms. The zero-order valence-electron chi connectivity index (χ0n) is 17.0. The number of benzene rings is 1. The standard InChI is InChI=1S/C21H24ClN7O/c1-15-12-19(28-8-10-30-11-9-28)26-21(24-15)29-6-4-27(5-7-29)20-14-23-18-13-16(22)2-3-17(18)25-20/h2-3,12-14H,4-11H2,1H3. The summed E-state index contributed by atoms with van der Waals surface area (Å²) in [6.45, 7) is 8.63. The van der Waals surface area contributed by atoms with Crippen LogP contribution in [-0.2, 0) is 4.74 Å². The van der Waals surface area contributed by atoms with E-state index in [2.05, 4.69) is 25.8 Å². The summed E-state index contributed by atoms with van der Waals surface area (Å²) in [5.74, 6) is 2.68. The van der Waals surface area contributed by atoms with Crippen LogP contribution in [0.15, 0.2) is 30.5 Å². The topological polar surface area (TPSA) is 70.5 Å². The van der Waals surface area contributed by atoms with Crippen LogP contribution in [-0.4, -0.2) is 72.4 Å². The number of piperazine rings is 1. The van der Waals surface area contributed by atoms with Gasteiger partial charge in [0.2, 0.25) is 5.95 Å². The van der Waals surface area contributed by atoms with Crippen molar-refractivity contribution in [2.45, 2.75) is 6.92 Å². The Morgan fingerprint density at radius 2 is 1.53 bits per heavy atom. The van der Waals surface area contributed by atoms with Crippen molar-refractivity contribution in [2.24, 2.45) is 0 Å². The number of hydrogen-bond donors (Lipinski definition) is 0. The second-order valence-electron chi connectivity index (χ2n) is 7.60. The summed E-state index contributed by atoms with van der Waals surface area (Å²) in [4.78, 5) is 25.6. The third kappa shape index (κ3) is 3.97. The van der Waals surface area contributed by atoms with Gasteiger partial charge in [0.1, 0.15) is 11.6 Å². The van der Waals surface area contributed by atoms with Gasteiger partial charge in [-0.2, -0.15) is 4.98 Å². The summed E-state index contributed by atoms with van der Waals surface area (Å²) in [6, 6.07) is 7.66. The van der Waals surface area contributed by atoms with Gasteiger partial charge in [0.05, 0.1) is 30.4 Å². The Bertz CT molecular complexity index is 1050. The lowest BCUT2D eigenvalue weighted by Gasteiger charge is -2.36. The fourth-order valence-electron chi connectivity index (χ4n) is 3.89. The van der Waals surface area contributed by atoms with E-state index >= 15 is 0 Å². The Hall–Kier alpha value is -2.71. The van der Waals surface area contributed by atoms with Crippen molar-refractivity contribution in [2.75, 3.05) is 67.2 Å². The molecule has 0 bridgehead atoms. The molecular formula is C21H24ClN7O. The number of rotatable bonds is 3. The molecule has 0 spiro atoms. The monoisotopic (exact) mass is 425 g/mol. The average Bonchev–Trinajstić information content (AvgIpc) is 2.79. The van der Waals surface area contributed by atoms with Gasteiger partial charge in [-0.15, -0.1) is 0 Å². The first-order valence-electron chi connectivity index (χ1n) is 10.3.